The summed E-state index contributed by atoms with van der Waals surface area (Å²) in [5.41, 5.74) is 13.8. The van der Waals surface area contributed by atoms with Crippen LogP contribution in [0, 0.1) is 0 Å². The van der Waals surface area contributed by atoms with Gasteiger partial charge in [0, 0.05) is 96.8 Å². The van der Waals surface area contributed by atoms with E-state index in [0.29, 0.717) is 0 Å². The van der Waals surface area contributed by atoms with E-state index in [0.717, 1.165) is 65.4 Å². The Hall–Kier alpha value is -8.69. The Balaban J connectivity index is 0.769. The highest BCUT2D eigenvalue weighted by molar-refractivity contribution is 6.12. The molecule has 0 saturated carbocycles. The smallest absolute Gasteiger partial charge is 0.0590 e. The zero-order valence-electron chi connectivity index (χ0n) is 44.5. The number of fused-ring (bicyclic) bond motifs is 6. The first kappa shape index (κ1) is 50.8. The summed E-state index contributed by atoms with van der Waals surface area (Å²) in [6.45, 7) is 1.97. The molecule has 0 N–H and O–H groups in total. The number of hydrazone groups is 3. The van der Waals surface area contributed by atoms with Gasteiger partial charge in [-0.3, -0.25) is 15.0 Å². The number of hydrogen-bond donors (Lipinski definition) is 0. The topological polar surface area (TPSA) is 59.9 Å². The summed E-state index contributed by atoms with van der Waals surface area (Å²) >= 11 is 0. The molecule has 0 atom stereocenters. The SMILES string of the molecule is CN(/C=C/c1ccc2c(c1)c1cc(/C=N/N(C)c3ccccc3)ccc1n2CCCCCCCCCCn1c2ccc(/C=N/N(C)c3ccccc3)cc2c2cc(/C=N/N(C)c3ccccc3)ccc21)c1ccccc1. The molecule has 0 radical (unpaired) electrons. The number of benzene rings is 8. The summed E-state index contributed by atoms with van der Waals surface area (Å²) in [4.78, 5) is 2.16. The summed E-state index contributed by atoms with van der Waals surface area (Å²) in [7, 11) is 8.07. The Kier molecular flexibility index (Phi) is 16.4. The van der Waals surface area contributed by atoms with Gasteiger partial charge in [-0.15, -0.1) is 0 Å². The Bertz CT molecular complexity index is 3150. The molecule has 0 aliphatic rings. The van der Waals surface area contributed by atoms with E-state index in [-0.39, 0.29) is 0 Å². The summed E-state index contributed by atoms with van der Waals surface area (Å²) in [5.74, 6) is 0. The molecule has 382 valence electrons. The summed E-state index contributed by atoms with van der Waals surface area (Å²) in [6, 6.07) is 68.5. The van der Waals surface area contributed by atoms with E-state index in [1.807, 2.05) is 109 Å². The fourth-order valence-electron chi connectivity index (χ4n) is 10.2. The summed E-state index contributed by atoms with van der Waals surface area (Å²) in [5, 5.41) is 25.1. The normalized spacial score (nSPS) is 12.0. The van der Waals surface area contributed by atoms with Gasteiger partial charge in [0.2, 0.25) is 0 Å². The van der Waals surface area contributed by atoms with Crippen LogP contribution >= 0.6 is 0 Å². The Morgan fingerprint density at radius 3 is 0.961 bits per heavy atom. The first-order valence-corrected chi connectivity index (χ1v) is 26.9. The molecule has 0 unspecified atom stereocenters. The van der Waals surface area contributed by atoms with E-state index in [2.05, 4.69) is 173 Å². The molecular formula is C67H69N9. The van der Waals surface area contributed by atoms with Crippen molar-refractivity contribution in [3.8, 4) is 0 Å². The molecule has 0 amide bonds. The molecule has 0 saturated heterocycles. The number of aryl methyl sites for hydroxylation is 2. The lowest BCUT2D eigenvalue weighted by Crippen LogP contribution is -2.08. The Morgan fingerprint density at radius 1 is 0.329 bits per heavy atom. The number of unbranched alkanes of at least 4 members (excludes halogenated alkanes) is 7. The monoisotopic (exact) mass is 1000 g/mol. The lowest BCUT2D eigenvalue weighted by atomic mass is 10.1. The molecule has 0 aliphatic carbocycles. The third-order valence-electron chi connectivity index (χ3n) is 14.5. The maximum Gasteiger partial charge on any atom is 0.0590 e. The fraction of sp³-hybridized carbons (Fsp3) is 0.209. The number of nitrogens with zero attached hydrogens (tertiary/aromatic N) is 9. The molecule has 8 aromatic carbocycles. The maximum absolute atomic E-state index is 4.80. The second-order valence-corrected chi connectivity index (χ2v) is 19.8. The first-order valence-electron chi connectivity index (χ1n) is 26.9. The first-order chi connectivity index (χ1) is 37.4. The third-order valence-corrected chi connectivity index (χ3v) is 14.5. The van der Waals surface area contributed by atoms with Crippen LogP contribution in [0.3, 0.4) is 0 Å². The van der Waals surface area contributed by atoms with Crippen LogP contribution in [-0.4, -0.2) is 56.0 Å². The average molecular weight is 1000 g/mol. The van der Waals surface area contributed by atoms with Crippen molar-refractivity contribution in [3.63, 3.8) is 0 Å². The molecule has 2 aromatic heterocycles. The van der Waals surface area contributed by atoms with Crippen LogP contribution in [0.25, 0.3) is 49.7 Å². The van der Waals surface area contributed by atoms with E-state index in [4.69, 9.17) is 15.3 Å². The summed E-state index contributed by atoms with van der Waals surface area (Å²) < 4.78 is 5.06. The van der Waals surface area contributed by atoms with Gasteiger partial charge in [0.15, 0.2) is 0 Å². The molecule has 10 aromatic rings. The molecular weight excluding hydrogens is 931 g/mol. The van der Waals surface area contributed by atoms with Crippen molar-refractivity contribution < 1.29 is 0 Å². The molecule has 0 spiro atoms. The quantitative estimate of drug-likeness (QED) is 0.0364. The van der Waals surface area contributed by atoms with Crippen molar-refractivity contribution in [1.82, 2.24) is 9.13 Å². The van der Waals surface area contributed by atoms with Crippen LogP contribution in [0.1, 0.15) is 73.6 Å². The maximum atomic E-state index is 4.80. The average Bonchev–Trinajstić information content (AvgIpc) is 4.03. The van der Waals surface area contributed by atoms with Crippen LogP contribution in [0.5, 0.6) is 0 Å². The van der Waals surface area contributed by atoms with Gasteiger partial charge < -0.3 is 14.0 Å². The number of aromatic nitrogens is 2. The predicted molar refractivity (Wildman–Crippen MR) is 327 cm³/mol. The number of rotatable bonds is 23. The van der Waals surface area contributed by atoms with E-state index in [9.17, 15) is 0 Å². The van der Waals surface area contributed by atoms with E-state index >= 15 is 0 Å². The summed E-state index contributed by atoms with van der Waals surface area (Å²) in [6.07, 6.45) is 20.0. The molecule has 10 rings (SSSR count). The van der Waals surface area contributed by atoms with Crippen molar-refractivity contribution >= 4 is 91.1 Å². The molecule has 0 fully saturated rings. The van der Waals surface area contributed by atoms with Crippen molar-refractivity contribution in [2.24, 2.45) is 15.3 Å². The van der Waals surface area contributed by atoms with E-state index in [1.165, 1.54) is 87.7 Å². The minimum Gasteiger partial charge on any atom is -0.351 e. The highest BCUT2D eigenvalue weighted by atomic mass is 15.4. The predicted octanol–water partition coefficient (Wildman–Crippen LogP) is 16.2. The van der Waals surface area contributed by atoms with E-state index in [1.54, 1.807) is 0 Å². The molecule has 0 aliphatic heterocycles. The van der Waals surface area contributed by atoms with Gasteiger partial charge >= 0.3 is 0 Å². The van der Waals surface area contributed by atoms with Gasteiger partial charge in [-0.1, -0.05) is 136 Å². The second kappa shape index (κ2) is 24.6. The van der Waals surface area contributed by atoms with Gasteiger partial charge in [0.1, 0.15) is 0 Å². The number of anilines is 4. The van der Waals surface area contributed by atoms with Crippen LogP contribution in [0.2, 0.25) is 0 Å². The highest BCUT2D eigenvalue weighted by Crippen LogP contribution is 2.33. The van der Waals surface area contributed by atoms with Gasteiger partial charge in [-0.25, -0.2) is 0 Å². The molecule has 9 nitrogen and oxygen atoms in total. The van der Waals surface area contributed by atoms with Crippen LogP contribution in [0.15, 0.2) is 216 Å². The lowest BCUT2D eigenvalue weighted by molar-refractivity contribution is 0.536. The fourth-order valence-corrected chi connectivity index (χ4v) is 10.2. The molecule has 76 heavy (non-hydrogen) atoms. The molecule has 2 heterocycles. The van der Waals surface area contributed by atoms with Crippen LogP contribution in [0.4, 0.5) is 22.7 Å². The molecule has 9 heteroatoms. The van der Waals surface area contributed by atoms with Gasteiger partial charge in [-0.2, -0.15) is 15.3 Å². The zero-order valence-corrected chi connectivity index (χ0v) is 44.5. The Morgan fingerprint density at radius 2 is 0.618 bits per heavy atom. The van der Waals surface area contributed by atoms with Crippen molar-refractivity contribution in [2.45, 2.75) is 64.5 Å². The zero-order chi connectivity index (χ0) is 52.1. The van der Waals surface area contributed by atoms with Gasteiger partial charge in [0.25, 0.3) is 0 Å². The third kappa shape index (κ3) is 12.3. The highest BCUT2D eigenvalue weighted by Gasteiger charge is 2.14. The minimum atomic E-state index is 0.981. The van der Waals surface area contributed by atoms with Crippen molar-refractivity contribution in [3.05, 3.63) is 223 Å². The second-order valence-electron chi connectivity index (χ2n) is 19.8. The van der Waals surface area contributed by atoms with Gasteiger partial charge in [0.05, 0.1) is 35.7 Å². The van der Waals surface area contributed by atoms with Crippen molar-refractivity contribution in [2.75, 3.05) is 48.1 Å². The van der Waals surface area contributed by atoms with E-state index < -0.39 is 0 Å². The van der Waals surface area contributed by atoms with Crippen LogP contribution in [-0.2, 0) is 13.1 Å². The Labute approximate surface area is 448 Å². The minimum absolute atomic E-state index is 0.981. The largest absolute Gasteiger partial charge is 0.351 e. The van der Waals surface area contributed by atoms with Gasteiger partial charge in [-0.05, 0) is 138 Å². The number of para-hydroxylation sites is 4. The lowest BCUT2D eigenvalue weighted by Gasteiger charge is -2.13. The molecule has 0 bridgehead atoms. The van der Waals surface area contributed by atoms with Crippen molar-refractivity contribution in [1.29, 1.82) is 0 Å². The standard InChI is InChI=1S/C67H69N9/c1-71(56-25-15-11-16-26-56)44-41-52-33-37-64-60(45-52)61-46-53(49-68-72(2)57-27-17-12-18-28-57)34-38-65(61)75(64)42-23-9-7-5-6-8-10-24-43-76-66-39-35-54(50-69-73(3)58-29-19-13-20-30-58)47-62(66)63-48-55(36-40-67(63)76)51-70-74(4)59-31-21-14-22-32-59/h11-22,25-41,44-51H,5-10,23-24,42-43H2,1-4H3/b44-41+,68-49+,69-50+,70-51+. The van der Waals surface area contributed by atoms with Crippen LogP contribution < -0.4 is 19.9 Å². The number of hydrogen-bond acceptors (Lipinski definition) is 7.